The number of carbonyl (C=O) groups is 1. The Balaban J connectivity index is 3.04. The van der Waals surface area contributed by atoms with Gasteiger partial charge in [0.25, 0.3) is 5.91 Å². The molecule has 0 bridgehead atoms. The molecule has 7 heteroatoms. The number of hydrogen-bond donors (Lipinski definition) is 1. The molecule has 6 nitrogen and oxygen atoms in total. The average molecular weight is 221 g/mol. The van der Waals surface area contributed by atoms with Gasteiger partial charge in [0.2, 0.25) is 0 Å². The van der Waals surface area contributed by atoms with Gasteiger partial charge in [-0.25, -0.2) is 5.84 Å². The number of likely N-dealkylation sites (N-methyl/N-ethyl adjacent to an activating group) is 1. The fraction of sp³-hybridized carbons (Fsp3) is 0.857. The summed E-state index contributed by atoms with van der Waals surface area (Å²) in [5.41, 5.74) is 0. The fourth-order valence-corrected chi connectivity index (χ4v) is 3.00. The number of carbonyl (C=O) groups excluding carboxylic acids is 1. The zero-order valence-corrected chi connectivity index (χ0v) is 9.12. The van der Waals surface area contributed by atoms with Crippen LogP contribution in [0, 0.1) is 0 Å². The van der Waals surface area contributed by atoms with Gasteiger partial charge in [0.15, 0.2) is 0 Å². The standard InChI is InChI=1S/C7H15N3O3S/c1-3-5-6-7(11)10(8)14(12,13)9(6)4-2/h6H,3-5,8H2,1-2H3. The Morgan fingerprint density at radius 3 is 2.43 bits per heavy atom. The second kappa shape index (κ2) is 3.84. The second-order valence-corrected chi connectivity index (χ2v) is 4.91. The molecule has 1 saturated heterocycles. The van der Waals surface area contributed by atoms with Crippen LogP contribution in [0.2, 0.25) is 0 Å². The fourth-order valence-electron chi connectivity index (χ4n) is 1.58. The lowest BCUT2D eigenvalue weighted by atomic mass is 10.1. The largest absolute Gasteiger partial charge is 0.320 e. The number of hydrazine groups is 1. The topological polar surface area (TPSA) is 83.7 Å². The van der Waals surface area contributed by atoms with Crippen molar-refractivity contribution in [1.29, 1.82) is 0 Å². The van der Waals surface area contributed by atoms with E-state index in [1.54, 1.807) is 6.92 Å². The van der Waals surface area contributed by atoms with E-state index in [9.17, 15) is 13.2 Å². The van der Waals surface area contributed by atoms with Gasteiger partial charge in [-0.15, -0.1) is 0 Å². The first kappa shape index (κ1) is 11.4. The maximum atomic E-state index is 11.5. The molecule has 0 aromatic rings. The molecule has 1 atom stereocenters. The minimum Gasteiger partial charge on any atom is -0.270 e. The molecule has 1 rings (SSSR count). The van der Waals surface area contributed by atoms with E-state index >= 15 is 0 Å². The highest BCUT2D eigenvalue weighted by atomic mass is 32.2. The minimum atomic E-state index is -3.74. The van der Waals surface area contributed by atoms with Crippen molar-refractivity contribution in [3.05, 3.63) is 0 Å². The summed E-state index contributed by atoms with van der Waals surface area (Å²) in [6.07, 6.45) is 1.26. The van der Waals surface area contributed by atoms with Crippen molar-refractivity contribution in [2.75, 3.05) is 6.54 Å². The summed E-state index contributed by atoms with van der Waals surface area (Å²) in [6, 6.07) is -0.611. The van der Waals surface area contributed by atoms with Crippen LogP contribution in [0.25, 0.3) is 0 Å². The van der Waals surface area contributed by atoms with Crippen molar-refractivity contribution >= 4 is 16.1 Å². The van der Waals surface area contributed by atoms with E-state index in [-0.39, 0.29) is 6.54 Å². The van der Waals surface area contributed by atoms with E-state index in [0.29, 0.717) is 10.8 Å². The second-order valence-electron chi connectivity index (χ2n) is 3.15. The van der Waals surface area contributed by atoms with Crippen LogP contribution in [0.3, 0.4) is 0 Å². The molecule has 0 aromatic carbocycles. The molecule has 1 fully saturated rings. The smallest absolute Gasteiger partial charge is 0.270 e. The van der Waals surface area contributed by atoms with Gasteiger partial charge < -0.3 is 0 Å². The molecule has 1 aliphatic rings. The lowest BCUT2D eigenvalue weighted by Gasteiger charge is -2.16. The maximum Gasteiger partial charge on any atom is 0.320 e. The molecular formula is C7H15N3O3S. The highest BCUT2D eigenvalue weighted by Crippen LogP contribution is 2.23. The van der Waals surface area contributed by atoms with E-state index in [4.69, 9.17) is 5.84 Å². The van der Waals surface area contributed by atoms with Gasteiger partial charge in [-0.3, -0.25) is 4.79 Å². The minimum absolute atomic E-state index is 0.270. The molecular weight excluding hydrogens is 206 g/mol. The molecule has 0 radical (unpaired) electrons. The number of nitrogens with zero attached hydrogens (tertiary/aromatic N) is 2. The molecule has 2 N–H and O–H groups in total. The molecule has 0 spiro atoms. The van der Waals surface area contributed by atoms with E-state index in [0.717, 1.165) is 10.7 Å². The number of hydrogen-bond acceptors (Lipinski definition) is 4. The lowest BCUT2D eigenvalue weighted by molar-refractivity contribution is -0.128. The highest BCUT2D eigenvalue weighted by Gasteiger charge is 2.47. The van der Waals surface area contributed by atoms with Gasteiger partial charge in [0.1, 0.15) is 6.04 Å². The predicted molar refractivity (Wildman–Crippen MR) is 51.0 cm³/mol. The quantitative estimate of drug-likeness (QED) is 0.511. The molecule has 14 heavy (non-hydrogen) atoms. The van der Waals surface area contributed by atoms with Crippen molar-refractivity contribution in [3.8, 4) is 0 Å². The van der Waals surface area contributed by atoms with Crippen molar-refractivity contribution in [3.63, 3.8) is 0 Å². The zero-order valence-electron chi connectivity index (χ0n) is 8.30. The van der Waals surface area contributed by atoms with Gasteiger partial charge in [0.05, 0.1) is 0 Å². The van der Waals surface area contributed by atoms with Gasteiger partial charge >= 0.3 is 10.2 Å². The van der Waals surface area contributed by atoms with Crippen LogP contribution in [0.15, 0.2) is 0 Å². The molecule has 1 amide bonds. The van der Waals surface area contributed by atoms with Crippen LogP contribution in [-0.4, -0.2) is 35.6 Å². The van der Waals surface area contributed by atoms with Crippen molar-refractivity contribution in [1.82, 2.24) is 8.72 Å². The Morgan fingerprint density at radius 2 is 2.00 bits per heavy atom. The third kappa shape index (κ3) is 1.51. The zero-order chi connectivity index (χ0) is 10.9. The first-order valence-electron chi connectivity index (χ1n) is 4.57. The van der Waals surface area contributed by atoms with Crippen molar-refractivity contribution in [2.24, 2.45) is 5.84 Å². The summed E-state index contributed by atoms with van der Waals surface area (Å²) >= 11 is 0. The normalized spacial score (nSPS) is 27.2. The van der Waals surface area contributed by atoms with Crippen molar-refractivity contribution in [2.45, 2.75) is 32.7 Å². The predicted octanol–water partition coefficient (Wildman–Crippen LogP) is -0.562. The number of nitrogens with two attached hydrogens (primary N) is 1. The first-order chi connectivity index (χ1) is 6.46. The number of rotatable bonds is 3. The van der Waals surface area contributed by atoms with E-state index in [1.807, 2.05) is 6.92 Å². The lowest BCUT2D eigenvalue weighted by Crippen LogP contribution is -2.39. The molecule has 82 valence electrons. The van der Waals surface area contributed by atoms with Crippen LogP contribution >= 0.6 is 0 Å². The van der Waals surface area contributed by atoms with Crippen LogP contribution in [0.5, 0.6) is 0 Å². The first-order valence-corrected chi connectivity index (χ1v) is 5.97. The summed E-state index contributed by atoms with van der Waals surface area (Å²) in [6.45, 7) is 3.85. The summed E-state index contributed by atoms with van der Waals surface area (Å²) in [5.74, 6) is 4.66. The van der Waals surface area contributed by atoms with Crippen molar-refractivity contribution < 1.29 is 13.2 Å². The summed E-state index contributed by atoms with van der Waals surface area (Å²) < 4.78 is 24.5. The average Bonchev–Trinajstić information content (AvgIpc) is 2.28. The van der Waals surface area contributed by atoms with Crippen LogP contribution in [0.4, 0.5) is 0 Å². The maximum absolute atomic E-state index is 11.5. The van der Waals surface area contributed by atoms with Gasteiger partial charge in [0, 0.05) is 6.54 Å². The third-order valence-corrected chi connectivity index (χ3v) is 4.05. The summed E-state index contributed by atoms with van der Waals surface area (Å²) in [4.78, 5) is 11.5. The Morgan fingerprint density at radius 1 is 1.43 bits per heavy atom. The summed E-state index contributed by atoms with van der Waals surface area (Å²) in [5, 5.41) is 0. The molecule has 0 saturated carbocycles. The number of amides is 1. The van der Waals surface area contributed by atoms with Gasteiger partial charge in [-0.05, 0) is 6.42 Å². The molecule has 1 unspecified atom stereocenters. The van der Waals surface area contributed by atoms with Crippen LogP contribution in [-0.2, 0) is 15.0 Å². The third-order valence-electron chi connectivity index (χ3n) is 2.27. The van der Waals surface area contributed by atoms with Crippen LogP contribution in [0.1, 0.15) is 26.7 Å². The Labute approximate surface area is 83.8 Å². The Hall–Kier alpha value is -0.660. The highest BCUT2D eigenvalue weighted by molar-refractivity contribution is 7.87. The molecule has 1 heterocycles. The van der Waals surface area contributed by atoms with Gasteiger partial charge in [-0.2, -0.15) is 17.1 Å². The van der Waals surface area contributed by atoms with E-state index in [1.165, 1.54) is 0 Å². The summed E-state index contributed by atoms with van der Waals surface area (Å²) in [7, 11) is -3.74. The molecule has 1 aliphatic heterocycles. The van der Waals surface area contributed by atoms with Gasteiger partial charge in [-0.1, -0.05) is 20.3 Å². The van der Waals surface area contributed by atoms with Crippen LogP contribution < -0.4 is 5.84 Å². The molecule has 0 aliphatic carbocycles. The Bertz CT molecular complexity index is 327. The van der Waals surface area contributed by atoms with E-state index < -0.39 is 22.2 Å². The SMILES string of the molecule is CCCC1C(=O)N(N)S(=O)(=O)N1CC. The Kier molecular flexibility index (Phi) is 3.13. The molecule has 0 aromatic heterocycles. The van der Waals surface area contributed by atoms with E-state index in [2.05, 4.69) is 0 Å². The monoisotopic (exact) mass is 221 g/mol.